The second-order valence-electron chi connectivity index (χ2n) is 12.3. The Bertz CT molecular complexity index is 1330. The van der Waals surface area contributed by atoms with E-state index in [9.17, 15) is 4.79 Å². The number of nitrogens with zero attached hydrogens (tertiary/aromatic N) is 6. The Morgan fingerprint density at radius 2 is 1.92 bits per heavy atom. The Kier molecular flexibility index (Phi) is 6.65. The zero-order valence-electron chi connectivity index (χ0n) is 23.0. The molecule has 3 aromatic rings. The quantitative estimate of drug-likeness (QED) is 0.467. The van der Waals surface area contributed by atoms with Crippen molar-refractivity contribution in [2.24, 2.45) is 17.8 Å². The molecule has 3 aromatic heterocycles. The smallest absolute Gasteiger partial charge is 0.377 e. The van der Waals surface area contributed by atoms with Crippen molar-refractivity contribution in [3.05, 3.63) is 10.6 Å². The molecule has 2 aliphatic carbocycles. The SMILES string of the molecule is C[C@@H](Nc1nc(-c2noc(=O)[nH]2)nc2nc(N3CCOCC3(C)C)n(C[C@H]3CC[C@H](C)CC3)c12)C1CCC1. The van der Waals surface area contributed by atoms with Crippen molar-refractivity contribution < 1.29 is 9.26 Å². The number of hydrogen-bond donors (Lipinski definition) is 2. The zero-order valence-corrected chi connectivity index (χ0v) is 23.0. The molecule has 1 aliphatic heterocycles. The fraction of sp³-hybridized carbons (Fsp3) is 0.741. The summed E-state index contributed by atoms with van der Waals surface area (Å²) in [6, 6.07) is 0.258. The minimum Gasteiger partial charge on any atom is -0.377 e. The molecule has 2 saturated carbocycles. The highest BCUT2D eigenvalue weighted by Gasteiger charge is 2.36. The molecule has 0 aromatic carbocycles. The van der Waals surface area contributed by atoms with Crippen LogP contribution in [0.4, 0.5) is 11.8 Å². The number of rotatable bonds is 7. The first-order chi connectivity index (χ1) is 18.3. The molecule has 1 atom stereocenters. The highest BCUT2D eigenvalue weighted by Crippen LogP contribution is 2.38. The van der Waals surface area contributed by atoms with Crippen LogP contribution in [0.2, 0.25) is 0 Å². The first-order valence-electron chi connectivity index (χ1n) is 14.2. The number of morpholine rings is 1. The van der Waals surface area contributed by atoms with Gasteiger partial charge in [0.1, 0.15) is 5.52 Å². The average molecular weight is 525 g/mol. The highest BCUT2D eigenvalue weighted by atomic mass is 16.5. The molecule has 11 nitrogen and oxygen atoms in total. The number of aromatic nitrogens is 6. The fourth-order valence-electron chi connectivity index (χ4n) is 6.21. The highest BCUT2D eigenvalue weighted by molar-refractivity contribution is 5.87. The predicted molar refractivity (Wildman–Crippen MR) is 145 cm³/mol. The van der Waals surface area contributed by atoms with Crippen LogP contribution in [0.15, 0.2) is 9.32 Å². The summed E-state index contributed by atoms with van der Waals surface area (Å²) >= 11 is 0. The van der Waals surface area contributed by atoms with Crippen molar-refractivity contribution in [2.75, 3.05) is 30.0 Å². The third-order valence-electron chi connectivity index (χ3n) is 8.92. The molecule has 2 N–H and O–H groups in total. The van der Waals surface area contributed by atoms with E-state index in [1.54, 1.807) is 0 Å². The van der Waals surface area contributed by atoms with Crippen LogP contribution in [-0.2, 0) is 11.3 Å². The van der Waals surface area contributed by atoms with Gasteiger partial charge in [0.05, 0.1) is 18.8 Å². The summed E-state index contributed by atoms with van der Waals surface area (Å²) in [6.07, 6.45) is 8.67. The fourth-order valence-corrected chi connectivity index (χ4v) is 6.21. The van der Waals surface area contributed by atoms with Crippen LogP contribution in [0.5, 0.6) is 0 Å². The molecule has 0 amide bonds. The standard InChI is InChI=1S/C27H40N8O3/c1-16-8-10-18(11-9-16)14-34-20-21(28-17(2)19-6-5-7-19)29-23(24-32-26(36)38-33-24)30-22(20)31-25(34)35-12-13-37-15-27(35,3)4/h16-19H,5-15H2,1-4H3,(H,28,29,30)(H,32,33,36)/t16-,17-,18-/m1/s1. The predicted octanol–water partition coefficient (Wildman–Crippen LogP) is 4.21. The van der Waals surface area contributed by atoms with Crippen LogP contribution in [-0.4, -0.2) is 61.0 Å². The summed E-state index contributed by atoms with van der Waals surface area (Å²) in [4.78, 5) is 31.5. The summed E-state index contributed by atoms with van der Waals surface area (Å²) in [5.74, 6) is 3.51. The van der Waals surface area contributed by atoms with Crippen molar-refractivity contribution in [1.82, 2.24) is 29.7 Å². The zero-order chi connectivity index (χ0) is 26.4. The number of fused-ring (bicyclic) bond motifs is 1. The van der Waals surface area contributed by atoms with Gasteiger partial charge >= 0.3 is 5.76 Å². The van der Waals surface area contributed by atoms with Gasteiger partial charge < -0.3 is 19.5 Å². The Labute approximate surface area is 222 Å². The van der Waals surface area contributed by atoms with E-state index >= 15 is 0 Å². The van der Waals surface area contributed by atoms with Crippen LogP contribution in [0.1, 0.15) is 72.6 Å². The normalized spacial score (nSPS) is 24.9. The second-order valence-corrected chi connectivity index (χ2v) is 12.3. The number of aromatic amines is 1. The third kappa shape index (κ3) is 4.81. The molecule has 0 radical (unpaired) electrons. The van der Waals surface area contributed by atoms with Gasteiger partial charge in [-0.2, -0.15) is 4.98 Å². The van der Waals surface area contributed by atoms with Crippen molar-refractivity contribution in [2.45, 2.75) is 90.8 Å². The Balaban J connectivity index is 1.50. The van der Waals surface area contributed by atoms with Gasteiger partial charge in [0.25, 0.3) is 0 Å². The molecule has 11 heteroatoms. The van der Waals surface area contributed by atoms with Gasteiger partial charge in [-0.25, -0.2) is 14.8 Å². The number of hydrogen-bond acceptors (Lipinski definition) is 9. The molecule has 0 unspecified atom stereocenters. The lowest BCUT2D eigenvalue weighted by Crippen LogP contribution is -2.54. The van der Waals surface area contributed by atoms with Crippen molar-refractivity contribution in [3.63, 3.8) is 0 Å². The lowest BCUT2D eigenvalue weighted by atomic mass is 9.80. The molecule has 206 valence electrons. The molecular formula is C27H40N8O3. The summed E-state index contributed by atoms with van der Waals surface area (Å²) in [7, 11) is 0. The summed E-state index contributed by atoms with van der Waals surface area (Å²) in [5.41, 5.74) is 1.31. The van der Waals surface area contributed by atoms with Crippen LogP contribution in [0, 0.1) is 17.8 Å². The number of ether oxygens (including phenoxy) is 1. The van der Waals surface area contributed by atoms with Crippen molar-refractivity contribution >= 4 is 22.9 Å². The molecule has 3 aliphatic rings. The van der Waals surface area contributed by atoms with Crippen LogP contribution < -0.4 is 16.0 Å². The van der Waals surface area contributed by atoms with Gasteiger partial charge in [-0.15, -0.1) is 0 Å². The third-order valence-corrected chi connectivity index (χ3v) is 8.92. The van der Waals surface area contributed by atoms with Gasteiger partial charge in [-0.1, -0.05) is 31.3 Å². The van der Waals surface area contributed by atoms with Crippen LogP contribution >= 0.6 is 0 Å². The maximum absolute atomic E-state index is 11.7. The first kappa shape index (κ1) is 25.3. The van der Waals surface area contributed by atoms with E-state index in [0.29, 0.717) is 36.5 Å². The number of imidazole rings is 1. The first-order valence-corrected chi connectivity index (χ1v) is 14.2. The van der Waals surface area contributed by atoms with Gasteiger partial charge in [0.2, 0.25) is 17.6 Å². The topological polar surface area (TPSA) is 127 Å². The van der Waals surface area contributed by atoms with E-state index in [4.69, 9.17) is 24.2 Å². The molecule has 4 heterocycles. The molecule has 6 rings (SSSR count). The molecule has 0 spiro atoms. The lowest BCUT2D eigenvalue weighted by Gasteiger charge is -2.43. The molecule has 1 saturated heterocycles. The van der Waals surface area contributed by atoms with E-state index in [1.807, 2.05) is 0 Å². The number of nitrogens with one attached hydrogen (secondary N) is 2. The van der Waals surface area contributed by atoms with Crippen molar-refractivity contribution in [1.29, 1.82) is 0 Å². The van der Waals surface area contributed by atoms with Gasteiger partial charge in [-0.3, -0.25) is 9.51 Å². The van der Waals surface area contributed by atoms with Crippen LogP contribution in [0.25, 0.3) is 22.8 Å². The minimum absolute atomic E-state index is 0.209. The lowest BCUT2D eigenvalue weighted by molar-refractivity contribution is 0.0628. The minimum atomic E-state index is -0.631. The van der Waals surface area contributed by atoms with Gasteiger partial charge in [0.15, 0.2) is 11.5 Å². The summed E-state index contributed by atoms with van der Waals surface area (Å²) in [6.45, 7) is 11.9. The van der Waals surface area contributed by atoms with E-state index in [0.717, 1.165) is 36.3 Å². The van der Waals surface area contributed by atoms with Gasteiger partial charge in [0, 0.05) is 19.1 Å². The van der Waals surface area contributed by atoms with E-state index in [2.05, 4.69) is 52.6 Å². The molecule has 0 bridgehead atoms. The van der Waals surface area contributed by atoms with Crippen molar-refractivity contribution in [3.8, 4) is 11.6 Å². The van der Waals surface area contributed by atoms with E-state index in [-0.39, 0.29) is 17.4 Å². The molecular weight excluding hydrogens is 484 g/mol. The monoisotopic (exact) mass is 524 g/mol. The number of anilines is 2. The molecule has 38 heavy (non-hydrogen) atoms. The van der Waals surface area contributed by atoms with E-state index < -0.39 is 5.76 Å². The maximum Gasteiger partial charge on any atom is 0.439 e. The largest absolute Gasteiger partial charge is 0.439 e. The maximum atomic E-state index is 11.7. The second kappa shape index (κ2) is 9.98. The Morgan fingerprint density at radius 3 is 2.58 bits per heavy atom. The molecule has 3 fully saturated rings. The summed E-state index contributed by atoms with van der Waals surface area (Å²) in [5, 5.41) is 7.58. The van der Waals surface area contributed by atoms with E-state index in [1.165, 1.54) is 44.9 Å². The van der Waals surface area contributed by atoms with Crippen LogP contribution in [0.3, 0.4) is 0 Å². The Morgan fingerprint density at radius 1 is 1.13 bits per heavy atom. The summed E-state index contributed by atoms with van der Waals surface area (Å²) < 4.78 is 13.0. The number of H-pyrrole nitrogens is 1. The Hall–Kier alpha value is -2.95. The van der Waals surface area contributed by atoms with Gasteiger partial charge in [-0.05, 0) is 64.2 Å². The average Bonchev–Trinajstić information content (AvgIpc) is 3.43.